The van der Waals surface area contributed by atoms with Gasteiger partial charge in [0.2, 0.25) is 0 Å². The van der Waals surface area contributed by atoms with E-state index in [4.69, 9.17) is 0 Å². The molecule has 0 atom stereocenters. The molecule has 0 N–H and O–H groups in total. The van der Waals surface area contributed by atoms with Gasteiger partial charge in [0.25, 0.3) is 0 Å². The summed E-state index contributed by atoms with van der Waals surface area (Å²) in [5.41, 5.74) is 13.4. The number of para-hydroxylation sites is 2. The number of nitriles is 2. The second kappa shape index (κ2) is 15.0. The van der Waals surface area contributed by atoms with Crippen LogP contribution < -0.4 is 9.80 Å². The van der Waals surface area contributed by atoms with Gasteiger partial charge in [-0.25, -0.2) is 0 Å². The largest absolute Gasteiger partial charge is 0.308 e. The molecule has 0 fully saturated rings. The second-order valence-electron chi connectivity index (χ2n) is 15.3. The molecule has 0 radical (unpaired) electrons. The maximum atomic E-state index is 10.5. The fourth-order valence-electron chi connectivity index (χ4n) is 8.79. The van der Waals surface area contributed by atoms with Crippen LogP contribution in [0.4, 0.5) is 34.1 Å². The van der Waals surface area contributed by atoms with Gasteiger partial charge in [0, 0.05) is 22.1 Å². The van der Waals surface area contributed by atoms with Crippen molar-refractivity contribution in [2.24, 2.45) is 0 Å². The summed E-state index contributed by atoms with van der Waals surface area (Å²) in [6.45, 7) is 4.27. The van der Waals surface area contributed by atoms with Gasteiger partial charge in [0.05, 0.1) is 33.9 Å². The Labute approximate surface area is 350 Å². The molecule has 0 saturated carbocycles. The van der Waals surface area contributed by atoms with E-state index in [1.165, 1.54) is 0 Å². The number of hydrogen-bond donors (Lipinski definition) is 0. The third kappa shape index (κ3) is 6.07. The molecule has 10 rings (SSSR count). The van der Waals surface area contributed by atoms with E-state index >= 15 is 0 Å². The summed E-state index contributed by atoms with van der Waals surface area (Å²) >= 11 is 0. The lowest BCUT2D eigenvalue weighted by molar-refractivity contribution is 1.25. The van der Waals surface area contributed by atoms with Crippen LogP contribution in [0.25, 0.3) is 54.6 Å². The second-order valence-corrected chi connectivity index (χ2v) is 15.3. The topological polar surface area (TPSA) is 54.1 Å². The first-order valence-electron chi connectivity index (χ1n) is 20.1. The molecule has 4 heteroatoms. The van der Waals surface area contributed by atoms with Crippen LogP contribution in [0, 0.1) is 36.5 Å². The monoisotopic (exact) mass is 766 g/mol. The van der Waals surface area contributed by atoms with Crippen molar-refractivity contribution in [3.8, 4) is 34.4 Å². The smallest absolute Gasteiger partial charge is 0.101 e. The highest BCUT2D eigenvalue weighted by Crippen LogP contribution is 2.49. The predicted molar refractivity (Wildman–Crippen MR) is 249 cm³/mol. The van der Waals surface area contributed by atoms with E-state index in [1.54, 1.807) is 0 Å². The third-order valence-electron chi connectivity index (χ3n) is 11.7. The number of hydrogen-bond acceptors (Lipinski definition) is 4. The molecule has 0 spiro atoms. The summed E-state index contributed by atoms with van der Waals surface area (Å²) in [5.74, 6) is 0. The van der Waals surface area contributed by atoms with Gasteiger partial charge in [-0.2, -0.15) is 10.5 Å². The summed E-state index contributed by atoms with van der Waals surface area (Å²) in [4.78, 5) is 4.53. The minimum Gasteiger partial charge on any atom is -0.308 e. The van der Waals surface area contributed by atoms with E-state index < -0.39 is 0 Å². The first kappa shape index (κ1) is 36.2. The van der Waals surface area contributed by atoms with Crippen molar-refractivity contribution in [3.05, 3.63) is 216 Å². The zero-order valence-corrected chi connectivity index (χ0v) is 33.3. The Morgan fingerprint density at radius 3 is 1.13 bits per heavy atom. The molecule has 0 amide bonds. The summed E-state index contributed by atoms with van der Waals surface area (Å²) in [6, 6.07) is 72.4. The third-order valence-corrected chi connectivity index (χ3v) is 11.7. The average molecular weight is 767 g/mol. The van der Waals surface area contributed by atoms with Crippen molar-refractivity contribution < 1.29 is 0 Å². The number of nitrogens with zero attached hydrogens (tertiary/aromatic N) is 4. The molecule has 0 unspecified atom stereocenters. The molecule has 4 nitrogen and oxygen atoms in total. The van der Waals surface area contributed by atoms with E-state index in [2.05, 4.69) is 169 Å². The fourth-order valence-corrected chi connectivity index (χ4v) is 8.79. The highest BCUT2D eigenvalue weighted by Gasteiger charge is 2.25. The van der Waals surface area contributed by atoms with Crippen LogP contribution >= 0.6 is 0 Å². The summed E-state index contributed by atoms with van der Waals surface area (Å²) < 4.78 is 0. The molecule has 10 aromatic carbocycles. The first-order chi connectivity index (χ1) is 29.5. The molecular weight excluding hydrogens is 729 g/mol. The summed E-state index contributed by atoms with van der Waals surface area (Å²) in [5, 5.41) is 27.7. The van der Waals surface area contributed by atoms with Crippen molar-refractivity contribution in [1.82, 2.24) is 0 Å². The van der Waals surface area contributed by atoms with Crippen LogP contribution in [-0.2, 0) is 0 Å². The number of aryl methyl sites for hydroxylation is 2. The Balaban J connectivity index is 1.25. The SMILES string of the molecule is Cc1ccc(-c2ccccc2)cc1N(c1ccccc1C#N)c1ccc2ccc3c(N(c4cc(-c5ccccc5)ccc4C)c4ccccc4C#N)ccc4ccc1c2c43. The molecule has 282 valence electrons. The molecule has 0 saturated heterocycles. The highest BCUT2D eigenvalue weighted by molar-refractivity contribution is 6.28. The lowest BCUT2D eigenvalue weighted by Gasteiger charge is -2.31. The van der Waals surface area contributed by atoms with Gasteiger partial charge in [0.1, 0.15) is 12.1 Å². The zero-order valence-electron chi connectivity index (χ0n) is 33.3. The molecule has 0 heterocycles. The van der Waals surface area contributed by atoms with Gasteiger partial charge in [-0.1, -0.05) is 146 Å². The van der Waals surface area contributed by atoms with Crippen molar-refractivity contribution in [1.29, 1.82) is 10.5 Å². The van der Waals surface area contributed by atoms with Gasteiger partial charge in [0.15, 0.2) is 0 Å². The lowest BCUT2D eigenvalue weighted by atomic mass is 9.91. The Morgan fingerprint density at radius 1 is 0.333 bits per heavy atom. The van der Waals surface area contributed by atoms with Crippen LogP contribution in [0.1, 0.15) is 22.3 Å². The minimum atomic E-state index is 0.592. The predicted octanol–water partition coefficient (Wildman–Crippen LogP) is 15.2. The Kier molecular flexibility index (Phi) is 9.02. The van der Waals surface area contributed by atoms with Gasteiger partial charge in [-0.3, -0.25) is 0 Å². The van der Waals surface area contributed by atoms with Gasteiger partial charge >= 0.3 is 0 Å². The van der Waals surface area contributed by atoms with E-state index in [1.807, 2.05) is 60.7 Å². The minimum absolute atomic E-state index is 0.592. The standard InChI is InChI=1S/C56H38N4/c1-37-21-23-43(39-13-5-3-6-14-39)33-53(37)59(49-19-11-9-17-45(49)35-57)51-31-27-41-26-30-48-52(32-28-42-25-29-47(51)55(41)56(42)48)60(50-20-12-10-18-46(50)36-58)54-34-44(24-22-38(54)2)40-15-7-4-8-16-40/h3-34H,1-2H3. The van der Waals surface area contributed by atoms with Crippen LogP contribution in [0.5, 0.6) is 0 Å². The number of benzene rings is 10. The van der Waals surface area contributed by atoms with Crippen molar-refractivity contribution in [2.75, 3.05) is 9.80 Å². The van der Waals surface area contributed by atoms with E-state index in [9.17, 15) is 10.5 Å². The first-order valence-corrected chi connectivity index (χ1v) is 20.1. The van der Waals surface area contributed by atoms with E-state index in [0.29, 0.717) is 11.1 Å². The van der Waals surface area contributed by atoms with Gasteiger partial charge in [-0.15, -0.1) is 0 Å². The van der Waals surface area contributed by atoms with E-state index in [-0.39, 0.29) is 0 Å². The van der Waals surface area contributed by atoms with Crippen molar-refractivity contribution >= 4 is 66.4 Å². The van der Waals surface area contributed by atoms with Gasteiger partial charge in [-0.05, 0) is 117 Å². The van der Waals surface area contributed by atoms with Crippen LogP contribution in [0.2, 0.25) is 0 Å². The molecule has 0 aromatic heterocycles. The number of anilines is 6. The average Bonchev–Trinajstić information content (AvgIpc) is 3.31. The van der Waals surface area contributed by atoms with Crippen molar-refractivity contribution in [3.63, 3.8) is 0 Å². The quantitative estimate of drug-likeness (QED) is 0.145. The molecule has 0 aliphatic rings. The van der Waals surface area contributed by atoms with E-state index in [0.717, 1.165) is 99.8 Å². The summed E-state index contributed by atoms with van der Waals surface area (Å²) in [6.07, 6.45) is 0. The Morgan fingerprint density at radius 2 is 0.717 bits per heavy atom. The highest BCUT2D eigenvalue weighted by atomic mass is 15.2. The maximum absolute atomic E-state index is 10.5. The molecule has 0 aliphatic heterocycles. The normalized spacial score (nSPS) is 11.1. The molecule has 0 aliphatic carbocycles. The fraction of sp³-hybridized carbons (Fsp3) is 0.0357. The maximum Gasteiger partial charge on any atom is 0.101 e. The number of rotatable bonds is 8. The zero-order chi connectivity index (χ0) is 40.7. The van der Waals surface area contributed by atoms with Crippen molar-refractivity contribution in [2.45, 2.75) is 13.8 Å². The molecule has 10 aromatic rings. The molecule has 60 heavy (non-hydrogen) atoms. The summed E-state index contributed by atoms with van der Waals surface area (Å²) in [7, 11) is 0. The van der Waals surface area contributed by atoms with Crippen LogP contribution in [-0.4, -0.2) is 0 Å². The van der Waals surface area contributed by atoms with Crippen LogP contribution in [0.3, 0.4) is 0 Å². The molecule has 0 bridgehead atoms. The van der Waals surface area contributed by atoms with Crippen LogP contribution in [0.15, 0.2) is 194 Å². The van der Waals surface area contributed by atoms with Gasteiger partial charge < -0.3 is 9.80 Å². The Hall–Kier alpha value is -8.18. The Bertz CT molecular complexity index is 3090. The molecular formula is C56H38N4. The lowest BCUT2D eigenvalue weighted by Crippen LogP contribution is -2.14.